The van der Waals surface area contributed by atoms with Crippen molar-refractivity contribution in [1.29, 1.82) is 0 Å². The fraction of sp³-hybridized carbons (Fsp3) is 1.00. The second-order valence-electron chi connectivity index (χ2n) is 3.24. The third kappa shape index (κ3) is 0.944. The molecule has 2 bridgehead atoms. The Morgan fingerprint density at radius 3 is 3.10 bits per heavy atom. The van der Waals surface area contributed by atoms with Crippen molar-refractivity contribution in [1.82, 2.24) is 10.6 Å². The molecule has 0 aromatic heterocycles. The van der Waals surface area contributed by atoms with Crippen molar-refractivity contribution in [3.8, 4) is 0 Å². The average molecular weight is 142 g/mol. The van der Waals surface area contributed by atoms with Crippen LogP contribution in [0.3, 0.4) is 0 Å². The molecule has 2 aliphatic rings. The third-order valence-corrected chi connectivity index (χ3v) is 2.58. The summed E-state index contributed by atoms with van der Waals surface area (Å²) < 4.78 is 0. The number of piperazine rings is 1. The first-order valence-electron chi connectivity index (χ1n) is 4.00. The highest BCUT2D eigenvalue weighted by Gasteiger charge is 2.33. The quantitative estimate of drug-likeness (QED) is 0.443. The lowest BCUT2D eigenvalue weighted by Gasteiger charge is -2.29. The molecule has 0 spiro atoms. The summed E-state index contributed by atoms with van der Waals surface area (Å²) in [7, 11) is 0. The molecule has 58 valence electrons. The van der Waals surface area contributed by atoms with Gasteiger partial charge in [-0.3, -0.25) is 0 Å². The Kier molecular flexibility index (Phi) is 1.64. The van der Waals surface area contributed by atoms with Crippen LogP contribution in [0.15, 0.2) is 0 Å². The van der Waals surface area contributed by atoms with Crippen molar-refractivity contribution in [2.24, 2.45) is 0 Å². The first-order valence-corrected chi connectivity index (χ1v) is 4.00. The smallest absolute Gasteiger partial charge is 0.0599 e. The summed E-state index contributed by atoms with van der Waals surface area (Å²) in [5, 5.41) is 15.7. The van der Waals surface area contributed by atoms with E-state index in [0.29, 0.717) is 18.1 Å². The minimum Gasteiger partial charge on any atom is -0.395 e. The Labute approximate surface area is 60.8 Å². The van der Waals surface area contributed by atoms with Gasteiger partial charge in [-0.2, -0.15) is 0 Å². The minimum atomic E-state index is 0.268. The Bertz CT molecular complexity index is 129. The van der Waals surface area contributed by atoms with E-state index in [1.165, 1.54) is 12.8 Å². The van der Waals surface area contributed by atoms with Crippen LogP contribution >= 0.6 is 0 Å². The number of hydrogen-bond donors (Lipinski definition) is 3. The molecule has 2 rings (SSSR count). The summed E-state index contributed by atoms with van der Waals surface area (Å²) in [5.41, 5.74) is 0. The molecule has 2 aliphatic heterocycles. The van der Waals surface area contributed by atoms with E-state index < -0.39 is 0 Å². The molecule has 0 unspecified atom stereocenters. The zero-order valence-corrected chi connectivity index (χ0v) is 6.01. The molecule has 0 aromatic rings. The van der Waals surface area contributed by atoms with Crippen molar-refractivity contribution in [3.05, 3.63) is 0 Å². The summed E-state index contributed by atoms with van der Waals surface area (Å²) in [6.07, 6.45) is 2.50. The molecule has 10 heavy (non-hydrogen) atoms. The SMILES string of the molecule is OC[C@H]1NC[C@H]2CC[C@@H]1N2. The number of fused-ring (bicyclic) bond motifs is 2. The number of hydrogen-bond acceptors (Lipinski definition) is 3. The van der Waals surface area contributed by atoms with Crippen LogP contribution in [0.2, 0.25) is 0 Å². The predicted molar refractivity (Wildman–Crippen MR) is 38.8 cm³/mol. The highest BCUT2D eigenvalue weighted by atomic mass is 16.3. The summed E-state index contributed by atoms with van der Waals surface area (Å²) in [6, 6.07) is 1.51. The van der Waals surface area contributed by atoms with Gasteiger partial charge in [-0.05, 0) is 12.8 Å². The van der Waals surface area contributed by atoms with Crippen molar-refractivity contribution >= 4 is 0 Å². The fourth-order valence-electron chi connectivity index (χ4n) is 1.96. The summed E-state index contributed by atoms with van der Waals surface area (Å²) in [5.74, 6) is 0. The van der Waals surface area contributed by atoms with Gasteiger partial charge in [-0.15, -0.1) is 0 Å². The molecule has 0 aliphatic carbocycles. The molecule has 3 N–H and O–H groups in total. The highest BCUT2D eigenvalue weighted by molar-refractivity contribution is 4.97. The van der Waals surface area contributed by atoms with Crippen LogP contribution in [0.25, 0.3) is 0 Å². The van der Waals surface area contributed by atoms with Crippen LogP contribution in [0.1, 0.15) is 12.8 Å². The van der Waals surface area contributed by atoms with Gasteiger partial charge in [0, 0.05) is 24.7 Å². The summed E-state index contributed by atoms with van der Waals surface area (Å²) >= 11 is 0. The molecule has 3 heteroatoms. The summed E-state index contributed by atoms with van der Waals surface area (Å²) in [6.45, 7) is 1.30. The number of aliphatic hydroxyl groups excluding tert-OH is 1. The zero-order chi connectivity index (χ0) is 6.97. The maximum absolute atomic E-state index is 8.91. The molecule has 3 atom stereocenters. The van der Waals surface area contributed by atoms with Gasteiger partial charge in [-0.25, -0.2) is 0 Å². The van der Waals surface area contributed by atoms with E-state index >= 15 is 0 Å². The fourth-order valence-corrected chi connectivity index (χ4v) is 1.96. The molecule has 0 saturated carbocycles. The van der Waals surface area contributed by atoms with Crippen molar-refractivity contribution < 1.29 is 5.11 Å². The Morgan fingerprint density at radius 1 is 1.40 bits per heavy atom. The van der Waals surface area contributed by atoms with Gasteiger partial charge in [0.15, 0.2) is 0 Å². The Hall–Kier alpha value is -0.120. The van der Waals surface area contributed by atoms with Gasteiger partial charge in [0.05, 0.1) is 6.61 Å². The topological polar surface area (TPSA) is 44.3 Å². The molecule has 2 saturated heterocycles. The van der Waals surface area contributed by atoms with Crippen molar-refractivity contribution in [2.75, 3.05) is 13.2 Å². The lowest BCUT2D eigenvalue weighted by atomic mass is 10.1. The van der Waals surface area contributed by atoms with Crippen LogP contribution < -0.4 is 10.6 Å². The number of nitrogens with one attached hydrogen (secondary N) is 2. The second-order valence-corrected chi connectivity index (χ2v) is 3.24. The molecule has 3 nitrogen and oxygen atoms in total. The maximum atomic E-state index is 8.91. The van der Waals surface area contributed by atoms with Crippen molar-refractivity contribution in [2.45, 2.75) is 31.0 Å². The van der Waals surface area contributed by atoms with E-state index in [2.05, 4.69) is 10.6 Å². The Morgan fingerprint density at radius 2 is 2.30 bits per heavy atom. The van der Waals surface area contributed by atoms with E-state index in [9.17, 15) is 0 Å². The largest absolute Gasteiger partial charge is 0.395 e. The number of aliphatic hydroxyl groups is 1. The predicted octanol–water partition coefficient (Wildman–Crippen LogP) is -0.929. The molecule has 0 radical (unpaired) electrons. The standard InChI is InChI=1S/C7H14N2O/c10-4-7-6-2-1-5(9-6)3-8-7/h5-10H,1-4H2/t5-,6+,7-/m1/s1. The van der Waals surface area contributed by atoms with Gasteiger partial charge in [-0.1, -0.05) is 0 Å². The summed E-state index contributed by atoms with van der Waals surface area (Å²) in [4.78, 5) is 0. The second kappa shape index (κ2) is 2.49. The number of rotatable bonds is 1. The lowest BCUT2D eigenvalue weighted by Crippen LogP contribution is -2.57. The van der Waals surface area contributed by atoms with Crippen LogP contribution in [0, 0.1) is 0 Å². The monoisotopic (exact) mass is 142 g/mol. The van der Waals surface area contributed by atoms with E-state index in [1.807, 2.05) is 0 Å². The van der Waals surface area contributed by atoms with E-state index in [-0.39, 0.29) is 6.61 Å². The van der Waals surface area contributed by atoms with Gasteiger partial charge in [0.1, 0.15) is 0 Å². The zero-order valence-electron chi connectivity index (χ0n) is 6.01. The molecule has 0 aromatic carbocycles. The molecule has 2 fully saturated rings. The molecular formula is C7H14N2O. The van der Waals surface area contributed by atoms with Gasteiger partial charge < -0.3 is 15.7 Å². The van der Waals surface area contributed by atoms with Gasteiger partial charge >= 0.3 is 0 Å². The lowest BCUT2D eigenvalue weighted by molar-refractivity contribution is 0.198. The maximum Gasteiger partial charge on any atom is 0.0599 e. The first-order chi connectivity index (χ1) is 4.90. The normalized spacial score (nSPS) is 45.9. The van der Waals surface area contributed by atoms with Crippen LogP contribution in [-0.4, -0.2) is 36.4 Å². The van der Waals surface area contributed by atoms with Gasteiger partial charge in [0.25, 0.3) is 0 Å². The molecule has 0 amide bonds. The highest BCUT2D eigenvalue weighted by Crippen LogP contribution is 2.18. The van der Waals surface area contributed by atoms with Crippen LogP contribution in [0.4, 0.5) is 0 Å². The minimum absolute atomic E-state index is 0.268. The van der Waals surface area contributed by atoms with Crippen molar-refractivity contribution in [3.63, 3.8) is 0 Å². The van der Waals surface area contributed by atoms with Crippen LogP contribution in [-0.2, 0) is 0 Å². The van der Waals surface area contributed by atoms with E-state index in [1.54, 1.807) is 0 Å². The average Bonchev–Trinajstić information content (AvgIpc) is 2.34. The third-order valence-electron chi connectivity index (χ3n) is 2.58. The van der Waals surface area contributed by atoms with Gasteiger partial charge in [0.2, 0.25) is 0 Å². The van der Waals surface area contributed by atoms with E-state index in [4.69, 9.17) is 5.11 Å². The first kappa shape index (κ1) is 6.58. The van der Waals surface area contributed by atoms with E-state index in [0.717, 1.165) is 6.54 Å². The Balaban J connectivity index is 2.00. The molecule has 2 heterocycles. The molecular weight excluding hydrogens is 128 g/mol. The van der Waals surface area contributed by atoms with Crippen LogP contribution in [0.5, 0.6) is 0 Å².